The first-order valence-electron chi connectivity index (χ1n) is 8.67. The molecule has 1 heterocycles. The Balaban J connectivity index is 1.68. The van der Waals surface area contributed by atoms with Gasteiger partial charge in [-0.05, 0) is 29.7 Å². The van der Waals surface area contributed by atoms with Gasteiger partial charge in [-0.1, -0.05) is 55.5 Å². The lowest BCUT2D eigenvalue weighted by atomic mass is 10.1. The van der Waals surface area contributed by atoms with Gasteiger partial charge in [-0.2, -0.15) is 5.10 Å². The number of hydrogen-bond acceptors (Lipinski definition) is 2. The van der Waals surface area contributed by atoms with Crippen LogP contribution < -0.4 is 0 Å². The van der Waals surface area contributed by atoms with E-state index in [1.165, 1.54) is 0 Å². The monoisotopic (exact) mass is 333 g/mol. The minimum absolute atomic E-state index is 0.137. The highest BCUT2D eigenvalue weighted by Crippen LogP contribution is 2.11. The fourth-order valence-electron chi connectivity index (χ4n) is 2.83. The van der Waals surface area contributed by atoms with Crippen molar-refractivity contribution in [2.75, 3.05) is 6.54 Å². The van der Waals surface area contributed by atoms with Crippen LogP contribution in [0.3, 0.4) is 0 Å². The summed E-state index contributed by atoms with van der Waals surface area (Å²) in [4.78, 5) is 14.7. The molecule has 0 fully saturated rings. The smallest absolute Gasteiger partial charge is 0.227 e. The van der Waals surface area contributed by atoms with E-state index < -0.39 is 0 Å². The first-order chi connectivity index (χ1) is 12.3. The first-order valence-corrected chi connectivity index (χ1v) is 8.67. The number of amides is 1. The Morgan fingerprint density at radius 1 is 1.00 bits per heavy atom. The van der Waals surface area contributed by atoms with Crippen LogP contribution in [0.2, 0.25) is 0 Å². The molecule has 0 N–H and O–H groups in total. The molecule has 128 valence electrons. The molecule has 0 unspecified atom stereocenters. The Morgan fingerprint density at radius 2 is 1.68 bits per heavy atom. The van der Waals surface area contributed by atoms with Gasteiger partial charge in [-0.3, -0.25) is 4.79 Å². The van der Waals surface area contributed by atoms with Crippen molar-refractivity contribution in [1.29, 1.82) is 0 Å². The number of rotatable bonds is 7. The van der Waals surface area contributed by atoms with Crippen LogP contribution in [0.1, 0.15) is 24.5 Å². The number of carbonyl (C=O) groups is 1. The van der Waals surface area contributed by atoms with Crippen molar-refractivity contribution in [2.45, 2.75) is 26.3 Å². The van der Waals surface area contributed by atoms with Gasteiger partial charge in [-0.15, -0.1) is 0 Å². The lowest BCUT2D eigenvalue weighted by Crippen LogP contribution is -2.32. The number of aromatic nitrogens is 2. The predicted molar refractivity (Wildman–Crippen MR) is 99.4 cm³/mol. The highest BCUT2D eigenvalue weighted by atomic mass is 16.2. The number of carbonyl (C=O) groups excluding carboxylic acids is 1. The summed E-state index contributed by atoms with van der Waals surface area (Å²) in [6.45, 7) is 3.51. The number of nitrogens with zero attached hydrogens (tertiary/aromatic N) is 3. The van der Waals surface area contributed by atoms with Gasteiger partial charge < -0.3 is 4.90 Å². The summed E-state index contributed by atoms with van der Waals surface area (Å²) in [5.41, 5.74) is 3.09. The van der Waals surface area contributed by atoms with Crippen molar-refractivity contribution in [3.63, 3.8) is 0 Å². The molecule has 0 aliphatic rings. The Hall–Kier alpha value is -2.88. The Labute approximate surface area is 148 Å². The van der Waals surface area contributed by atoms with Crippen LogP contribution in [0, 0.1) is 0 Å². The number of para-hydroxylation sites is 1. The van der Waals surface area contributed by atoms with Gasteiger partial charge in [0.1, 0.15) is 0 Å². The normalized spacial score (nSPS) is 10.6. The molecule has 0 radical (unpaired) electrons. The lowest BCUT2D eigenvalue weighted by Gasteiger charge is -2.22. The van der Waals surface area contributed by atoms with E-state index in [2.05, 4.69) is 24.2 Å². The average Bonchev–Trinajstić information content (AvgIpc) is 3.11. The predicted octanol–water partition coefficient (Wildman–Crippen LogP) is 3.85. The van der Waals surface area contributed by atoms with Crippen LogP contribution in [0.25, 0.3) is 5.69 Å². The van der Waals surface area contributed by atoms with E-state index in [0.717, 1.165) is 29.8 Å². The van der Waals surface area contributed by atoms with Crippen molar-refractivity contribution in [3.05, 3.63) is 84.2 Å². The molecule has 3 aromatic rings. The second kappa shape index (κ2) is 8.29. The fourth-order valence-corrected chi connectivity index (χ4v) is 2.83. The molecule has 2 aromatic carbocycles. The summed E-state index contributed by atoms with van der Waals surface area (Å²) >= 11 is 0. The van der Waals surface area contributed by atoms with Gasteiger partial charge in [0, 0.05) is 19.3 Å². The molecular formula is C21H23N3O. The first kappa shape index (κ1) is 17.0. The van der Waals surface area contributed by atoms with E-state index in [-0.39, 0.29) is 5.91 Å². The van der Waals surface area contributed by atoms with E-state index in [1.54, 1.807) is 6.20 Å². The Kier molecular flexibility index (Phi) is 5.62. The average molecular weight is 333 g/mol. The molecule has 0 aliphatic heterocycles. The summed E-state index contributed by atoms with van der Waals surface area (Å²) < 4.78 is 1.81. The molecule has 0 saturated heterocycles. The summed E-state index contributed by atoms with van der Waals surface area (Å²) in [6, 6.07) is 20.1. The lowest BCUT2D eigenvalue weighted by molar-refractivity contribution is -0.131. The van der Waals surface area contributed by atoms with E-state index in [1.807, 2.05) is 64.3 Å². The molecule has 0 saturated carbocycles. The number of hydrogen-bond donors (Lipinski definition) is 0. The largest absolute Gasteiger partial charge is 0.338 e. The second-order valence-corrected chi connectivity index (χ2v) is 6.11. The molecule has 0 spiro atoms. The van der Waals surface area contributed by atoms with E-state index in [9.17, 15) is 4.79 Å². The SMILES string of the molecule is CCCN(Cc1ccccc1)C(=O)Cc1cnn(-c2ccccc2)c1. The third kappa shape index (κ3) is 4.57. The van der Waals surface area contributed by atoms with Gasteiger partial charge in [0.25, 0.3) is 0 Å². The van der Waals surface area contributed by atoms with Gasteiger partial charge in [0.2, 0.25) is 5.91 Å². The molecule has 1 aromatic heterocycles. The zero-order chi connectivity index (χ0) is 17.5. The van der Waals surface area contributed by atoms with Gasteiger partial charge >= 0.3 is 0 Å². The summed E-state index contributed by atoms with van der Waals surface area (Å²) in [6.07, 6.45) is 5.03. The van der Waals surface area contributed by atoms with Crippen LogP contribution in [0.15, 0.2) is 73.1 Å². The third-order valence-electron chi connectivity index (χ3n) is 4.07. The quantitative estimate of drug-likeness (QED) is 0.658. The Morgan fingerprint density at radius 3 is 2.36 bits per heavy atom. The third-order valence-corrected chi connectivity index (χ3v) is 4.07. The highest BCUT2D eigenvalue weighted by Gasteiger charge is 2.15. The maximum Gasteiger partial charge on any atom is 0.227 e. The van der Waals surface area contributed by atoms with Gasteiger partial charge in [0.15, 0.2) is 0 Å². The van der Waals surface area contributed by atoms with Crippen molar-refractivity contribution < 1.29 is 4.79 Å². The molecule has 1 amide bonds. The molecule has 25 heavy (non-hydrogen) atoms. The van der Waals surface area contributed by atoms with E-state index in [4.69, 9.17) is 0 Å². The zero-order valence-corrected chi connectivity index (χ0v) is 14.5. The van der Waals surface area contributed by atoms with Crippen LogP contribution in [0.5, 0.6) is 0 Å². The summed E-state index contributed by atoms with van der Waals surface area (Å²) in [5, 5.41) is 4.37. The molecule has 4 heteroatoms. The molecule has 0 bridgehead atoms. The minimum Gasteiger partial charge on any atom is -0.338 e. The van der Waals surface area contributed by atoms with Gasteiger partial charge in [-0.25, -0.2) is 4.68 Å². The van der Waals surface area contributed by atoms with Crippen molar-refractivity contribution in [2.24, 2.45) is 0 Å². The Bertz CT molecular complexity index is 796. The fraction of sp³-hybridized carbons (Fsp3) is 0.238. The van der Waals surface area contributed by atoms with Crippen LogP contribution in [-0.2, 0) is 17.8 Å². The van der Waals surface area contributed by atoms with Crippen molar-refractivity contribution >= 4 is 5.91 Å². The maximum absolute atomic E-state index is 12.7. The van der Waals surface area contributed by atoms with Crippen LogP contribution >= 0.6 is 0 Å². The highest BCUT2D eigenvalue weighted by molar-refractivity contribution is 5.78. The minimum atomic E-state index is 0.137. The van der Waals surface area contributed by atoms with E-state index >= 15 is 0 Å². The van der Waals surface area contributed by atoms with Crippen molar-refractivity contribution in [3.8, 4) is 5.69 Å². The number of benzene rings is 2. The topological polar surface area (TPSA) is 38.1 Å². The van der Waals surface area contributed by atoms with Gasteiger partial charge in [0.05, 0.1) is 18.3 Å². The van der Waals surface area contributed by atoms with Crippen LogP contribution in [0.4, 0.5) is 0 Å². The zero-order valence-electron chi connectivity index (χ0n) is 14.5. The summed E-state index contributed by atoms with van der Waals surface area (Å²) in [7, 11) is 0. The standard InChI is InChI=1S/C21H23N3O/c1-2-13-23(16-18-9-5-3-6-10-18)21(25)14-19-15-22-24(17-19)20-11-7-4-8-12-20/h3-12,15,17H,2,13-14,16H2,1H3. The molecule has 4 nitrogen and oxygen atoms in total. The second-order valence-electron chi connectivity index (χ2n) is 6.11. The molecule has 0 aliphatic carbocycles. The summed E-state index contributed by atoms with van der Waals surface area (Å²) in [5.74, 6) is 0.137. The maximum atomic E-state index is 12.7. The molecule has 0 atom stereocenters. The van der Waals surface area contributed by atoms with Crippen molar-refractivity contribution in [1.82, 2.24) is 14.7 Å². The van der Waals surface area contributed by atoms with E-state index in [0.29, 0.717) is 13.0 Å². The van der Waals surface area contributed by atoms with Crippen LogP contribution in [-0.4, -0.2) is 27.1 Å². The molecule has 3 rings (SSSR count). The molecular weight excluding hydrogens is 310 g/mol.